The molecule has 0 spiro atoms. The lowest BCUT2D eigenvalue weighted by Gasteiger charge is -2.25. The smallest absolute Gasteiger partial charge is 0.269 e. The molecule has 2 atom stereocenters. The number of aliphatic hydroxyl groups is 1. The van der Waals surface area contributed by atoms with E-state index in [1.165, 1.54) is 36.4 Å². The minimum Gasteiger partial charge on any atom is -0.548 e. The normalized spacial score (nSPS) is 12.8. The Kier molecular flexibility index (Phi) is 5.80. The van der Waals surface area contributed by atoms with E-state index in [0.29, 0.717) is 11.1 Å². The van der Waals surface area contributed by atoms with Crippen molar-refractivity contribution in [2.75, 3.05) is 0 Å². The predicted octanol–water partition coefficient (Wildman–Crippen LogP) is 0.106. The van der Waals surface area contributed by atoms with Gasteiger partial charge in [-0.25, -0.2) is 0 Å². The molecule has 0 aliphatic carbocycles. The highest BCUT2D eigenvalue weighted by atomic mass is 16.6. The van der Waals surface area contributed by atoms with Crippen LogP contribution in [0.3, 0.4) is 0 Å². The van der Waals surface area contributed by atoms with Crippen molar-refractivity contribution >= 4 is 17.6 Å². The Morgan fingerprint density at radius 3 is 2.20 bits per heavy atom. The van der Waals surface area contributed by atoms with Crippen LogP contribution >= 0.6 is 0 Å². The van der Waals surface area contributed by atoms with E-state index in [1.54, 1.807) is 18.2 Å². The monoisotopic (exact) mass is 343 g/mol. The Morgan fingerprint density at radius 2 is 1.68 bits per heavy atom. The number of aliphatic carboxylic acids is 1. The fourth-order valence-electron chi connectivity index (χ4n) is 2.25. The summed E-state index contributed by atoms with van der Waals surface area (Å²) in [4.78, 5) is 33.3. The molecule has 8 nitrogen and oxygen atoms in total. The molecule has 130 valence electrons. The van der Waals surface area contributed by atoms with Crippen molar-refractivity contribution in [2.24, 2.45) is 0 Å². The average Bonchev–Trinajstić information content (AvgIpc) is 2.60. The van der Waals surface area contributed by atoms with Crippen LogP contribution in [-0.2, 0) is 16.0 Å². The second-order valence-corrected chi connectivity index (χ2v) is 5.32. The van der Waals surface area contributed by atoms with E-state index >= 15 is 0 Å². The van der Waals surface area contributed by atoms with Crippen molar-refractivity contribution in [3.63, 3.8) is 0 Å². The molecule has 0 bridgehead atoms. The zero-order valence-corrected chi connectivity index (χ0v) is 13.0. The van der Waals surface area contributed by atoms with Gasteiger partial charge in [0.25, 0.3) is 5.69 Å². The molecule has 2 aromatic rings. The first-order valence-corrected chi connectivity index (χ1v) is 7.35. The summed E-state index contributed by atoms with van der Waals surface area (Å²) in [5, 5.41) is 34.2. The van der Waals surface area contributed by atoms with Crippen LogP contribution in [0.1, 0.15) is 17.2 Å². The maximum absolute atomic E-state index is 12.0. The molecule has 0 radical (unpaired) electrons. The first kappa shape index (κ1) is 18.1. The number of carboxylic acids is 1. The molecule has 0 heterocycles. The molecular weight excluding hydrogens is 328 g/mol. The predicted molar refractivity (Wildman–Crippen MR) is 85.1 cm³/mol. The second-order valence-electron chi connectivity index (χ2n) is 5.32. The van der Waals surface area contributed by atoms with E-state index in [9.17, 15) is 29.9 Å². The summed E-state index contributed by atoms with van der Waals surface area (Å²) in [5.74, 6) is -2.27. The molecule has 0 aliphatic rings. The Morgan fingerprint density at radius 1 is 1.08 bits per heavy atom. The highest BCUT2D eigenvalue weighted by Gasteiger charge is 2.24. The van der Waals surface area contributed by atoms with Gasteiger partial charge in [-0.05, 0) is 11.1 Å². The number of nitrogens with zero attached hydrogens (tertiary/aromatic N) is 1. The number of non-ortho nitro benzene ring substituents is 1. The Labute approximate surface area is 142 Å². The summed E-state index contributed by atoms with van der Waals surface area (Å²) in [6, 6.07) is 11.7. The third-order valence-electron chi connectivity index (χ3n) is 3.54. The third kappa shape index (κ3) is 4.85. The molecule has 2 rings (SSSR count). The fraction of sp³-hybridized carbons (Fsp3) is 0.176. The Hall–Kier alpha value is -3.26. The second kappa shape index (κ2) is 8.02. The fourth-order valence-corrected chi connectivity index (χ4v) is 2.25. The Bertz CT molecular complexity index is 760. The third-order valence-corrected chi connectivity index (χ3v) is 3.54. The molecular formula is C17H15N2O6-. The SMILES string of the molecule is O=C(Cc1ccc([N+](=O)[O-])cc1)N[C@@H](C(=O)[O-])[C@@H](O)c1ccccc1. The quantitative estimate of drug-likeness (QED) is 0.541. The molecule has 2 aromatic carbocycles. The molecule has 0 fully saturated rings. The van der Waals surface area contributed by atoms with Crippen LogP contribution in [0.2, 0.25) is 0 Å². The summed E-state index contributed by atoms with van der Waals surface area (Å²) in [7, 11) is 0. The number of amides is 1. The number of carboxylic acid groups (broad SMARTS) is 1. The van der Waals surface area contributed by atoms with Gasteiger partial charge in [0, 0.05) is 12.1 Å². The number of hydrogen-bond donors (Lipinski definition) is 2. The van der Waals surface area contributed by atoms with E-state index in [-0.39, 0.29) is 12.1 Å². The number of hydrogen-bond acceptors (Lipinski definition) is 6. The van der Waals surface area contributed by atoms with Gasteiger partial charge in [0.05, 0.1) is 23.4 Å². The number of nitro groups is 1. The molecule has 1 amide bonds. The van der Waals surface area contributed by atoms with E-state index in [4.69, 9.17) is 0 Å². The van der Waals surface area contributed by atoms with Crippen LogP contribution in [-0.4, -0.2) is 27.9 Å². The van der Waals surface area contributed by atoms with E-state index in [2.05, 4.69) is 5.32 Å². The van der Waals surface area contributed by atoms with E-state index in [0.717, 1.165) is 0 Å². The van der Waals surface area contributed by atoms with Gasteiger partial charge in [-0.15, -0.1) is 0 Å². The van der Waals surface area contributed by atoms with E-state index in [1.807, 2.05) is 0 Å². The van der Waals surface area contributed by atoms with Crippen molar-refractivity contribution in [3.05, 3.63) is 75.8 Å². The standard InChI is InChI=1S/C17H16N2O6/c20-14(10-11-6-8-13(9-7-11)19(24)25)18-15(17(22)23)16(21)12-4-2-1-3-5-12/h1-9,15-16,21H,10H2,(H,18,20)(H,22,23)/p-1/t15-,16+/m1/s1. The number of carbonyl (C=O) groups is 2. The van der Waals surface area contributed by atoms with Gasteiger partial charge in [-0.1, -0.05) is 42.5 Å². The van der Waals surface area contributed by atoms with Crippen molar-refractivity contribution in [1.29, 1.82) is 0 Å². The molecule has 0 aliphatic heterocycles. The lowest BCUT2D eigenvalue weighted by atomic mass is 10.0. The zero-order chi connectivity index (χ0) is 18.4. The number of carbonyl (C=O) groups excluding carboxylic acids is 2. The van der Waals surface area contributed by atoms with Gasteiger partial charge in [0.2, 0.25) is 5.91 Å². The molecule has 0 aromatic heterocycles. The summed E-state index contributed by atoms with van der Waals surface area (Å²) in [5.41, 5.74) is 0.679. The lowest BCUT2D eigenvalue weighted by Crippen LogP contribution is -2.51. The number of rotatable bonds is 7. The summed E-state index contributed by atoms with van der Waals surface area (Å²) < 4.78 is 0. The maximum Gasteiger partial charge on any atom is 0.269 e. The summed E-state index contributed by atoms with van der Waals surface area (Å²) in [6.07, 6.45) is -1.66. The number of nitrogens with one attached hydrogen (secondary N) is 1. The van der Waals surface area contributed by atoms with Crippen LogP contribution in [0.15, 0.2) is 54.6 Å². The van der Waals surface area contributed by atoms with Crippen LogP contribution in [0.4, 0.5) is 5.69 Å². The first-order chi connectivity index (χ1) is 11.9. The van der Waals surface area contributed by atoms with Gasteiger partial charge in [0.1, 0.15) is 6.10 Å². The van der Waals surface area contributed by atoms with Gasteiger partial charge in [0.15, 0.2) is 0 Å². The van der Waals surface area contributed by atoms with Gasteiger partial charge in [-0.3, -0.25) is 14.9 Å². The van der Waals surface area contributed by atoms with Crippen LogP contribution < -0.4 is 10.4 Å². The zero-order valence-electron chi connectivity index (χ0n) is 13.0. The maximum atomic E-state index is 12.0. The molecule has 0 unspecified atom stereocenters. The highest BCUT2D eigenvalue weighted by Crippen LogP contribution is 2.17. The van der Waals surface area contributed by atoms with E-state index < -0.39 is 28.9 Å². The molecule has 0 saturated heterocycles. The Balaban J connectivity index is 2.05. The molecule has 0 saturated carbocycles. The first-order valence-electron chi connectivity index (χ1n) is 7.35. The molecule has 25 heavy (non-hydrogen) atoms. The van der Waals surface area contributed by atoms with Crippen molar-refractivity contribution in [3.8, 4) is 0 Å². The van der Waals surface area contributed by atoms with Crippen LogP contribution in [0, 0.1) is 10.1 Å². The summed E-state index contributed by atoms with van der Waals surface area (Å²) in [6.45, 7) is 0. The highest BCUT2D eigenvalue weighted by molar-refractivity contribution is 5.84. The number of aliphatic hydroxyl groups excluding tert-OH is 1. The van der Waals surface area contributed by atoms with Crippen molar-refractivity contribution < 1.29 is 24.7 Å². The van der Waals surface area contributed by atoms with Gasteiger partial charge < -0.3 is 20.3 Å². The minimum atomic E-state index is -1.62. The van der Waals surface area contributed by atoms with Crippen molar-refractivity contribution in [2.45, 2.75) is 18.6 Å². The minimum absolute atomic E-state index is 0.115. The van der Waals surface area contributed by atoms with Crippen molar-refractivity contribution in [1.82, 2.24) is 5.32 Å². The van der Waals surface area contributed by atoms with Gasteiger partial charge >= 0.3 is 0 Å². The largest absolute Gasteiger partial charge is 0.548 e. The topological polar surface area (TPSA) is 133 Å². The van der Waals surface area contributed by atoms with Crippen LogP contribution in [0.5, 0.6) is 0 Å². The number of nitro benzene ring substituents is 1. The molecule has 8 heteroatoms. The number of benzene rings is 2. The lowest BCUT2D eigenvalue weighted by molar-refractivity contribution is -0.384. The molecule has 2 N–H and O–H groups in total. The van der Waals surface area contributed by atoms with Crippen LogP contribution in [0.25, 0.3) is 0 Å². The average molecular weight is 343 g/mol. The summed E-state index contributed by atoms with van der Waals surface area (Å²) >= 11 is 0. The van der Waals surface area contributed by atoms with Gasteiger partial charge in [-0.2, -0.15) is 0 Å².